The smallest absolute Gasteiger partial charge is 0.244 e. The maximum Gasteiger partial charge on any atom is 0.244 e. The summed E-state index contributed by atoms with van der Waals surface area (Å²) < 4.78 is 6.02. The lowest BCUT2D eigenvalue weighted by molar-refractivity contribution is -0.126. The first-order chi connectivity index (χ1) is 14.3. The largest absolute Gasteiger partial charge is 0.486 e. The molecule has 0 saturated carbocycles. The van der Waals surface area contributed by atoms with Crippen LogP contribution in [0.3, 0.4) is 0 Å². The zero-order valence-electron chi connectivity index (χ0n) is 16.7. The van der Waals surface area contributed by atoms with E-state index in [0.29, 0.717) is 41.7 Å². The molecular formula is C22H24ClN3O4. The second-order valence-corrected chi connectivity index (χ2v) is 8.39. The number of ether oxygens (including phenoxy) is 1. The molecule has 0 bridgehead atoms. The van der Waals surface area contributed by atoms with Gasteiger partial charge in [-0.3, -0.25) is 19.4 Å². The number of hydrogen-bond acceptors (Lipinski definition) is 5. The Balaban J connectivity index is 1.46. The highest BCUT2D eigenvalue weighted by Crippen LogP contribution is 2.30. The van der Waals surface area contributed by atoms with Gasteiger partial charge in [0.25, 0.3) is 0 Å². The summed E-state index contributed by atoms with van der Waals surface area (Å²) in [5.74, 6) is 0.189. The molecule has 158 valence electrons. The van der Waals surface area contributed by atoms with Crippen molar-refractivity contribution in [3.63, 3.8) is 0 Å². The normalized spacial score (nSPS) is 24.2. The van der Waals surface area contributed by atoms with Crippen LogP contribution in [0.4, 0.5) is 11.4 Å². The number of amides is 2. The molecule has 2 amide bonds. The number of rotatable bonds is 4. The van der Waals surface area contributed by atoms with Crippen molar-refractivity contribution in [2.45, 2.75) is 25.0 Å². The Hall–Kier alpha value is -2.61. The number of carbonyl (C=O) groups is 2. The zero-order chi connectivity index (χ0) is 21.3. The van der Waals surface area contributed by atoms with Crippen molar-refractivity contribution in [1.29, 1.82) is 0 Å². The second kappa shape index (κ2) is 8.26. The molecule has 2 atom stereocenters. The number of nitrogens with one attached hydrogen (secondary N) is 1. The molecule has 2 aromatic rings. The van der Waals surface area contributed by atoms with E-state index < -0.39 is 11.7 Å². The van der Waals surface area contributed by atoms with Gasteiger partial charge in [0.2, 0.25) is 11.8 Å². The fraction of sp³-hybridized carbons (Fsp3) is 0.364. The number of para-hydroxylation sites is 2. The standard InChI is InChI=1S/C22H24ClN3O4/c1-22(29)9-10-25(12-19(22)30-16-6-4-5-15(23)11-16)14-21(28)26-13-20(27)24-17-7-2-3-8-18(17)26/h2-8,11,19,29H,9-10,12-14H2,1H3,(H,24,27)/t19-,22-/m0/s1. The summed E-state index contributed by atoms with van der Waals surface area (Å²) in [5.41, 5.74) is 0.295. The Labute approximate surface area is 180 Å². The van der Waals surface area contributed by atoms with Gasteiger partial charge >= 0.3 is 0 Å². The van der Waals surface area contributed by atoms with Crippen molar-refractivity contribution < 1.29 is 19.4 Å². The Morgan fingerprint density at radius 1 is 1.30 bits per heavy atom. The summed E-state index contributed by atoms with van der Waals surface area (Å²) >= 11 is 6.03. The van der Waals surface area contributed by atoms with Crippen LogP contribution in [0.25, 0.3) is 0 Å². The summed E-state index contributed by atoms with van der Waals surface area (Å²) in [6.07, 6.45) is -0.0581. The van der Waals surface area contributed by atoms with Crippen LogP contribution in [0.1, 0.15) is 13.3 Å². The Morgan fingerprint density at radius 3 is 2.90 bits per heavy atom. The molecule has 2 aliphatic rings. The van der Waals surface area contributed by atoms with Gasteiger partial charge in [0, 0.05) is 18.1 Å². The number of nitrogens with zero attached hydrogens (tertiary/aromatic N) is 2. The summed E-state index contributed by atoms with van der Waals surface area (Å²) in [4.78, 5) is 28.5. The number of piperidine rings is 1. The van der Waals surface area contributed by atoms with Gasteiger partial charge in [0.15, 0.2) is 0 Å². The maximum atomic E-state index is 13.0. The van der Waals surface area contributed by atoms with Gasteiger partial charge in [-0.15, -0.1) is 0 Å². The first kappa shape index (κ1) is 20.7. The Morgan fingerprint density at radius 2 is 2.10 bits per heavy atom. The molecule has 2 heterocycles. The molecule has 2 aliphatic heterocycles. The number of benzene rings is 2. The number of fused-ring (bicyclic) bond motifs is 1. The monoisotopic (exact) mass is 429 g/mol. The lowest BCUT2D eigenvalue weighted by Crippen LogP contribution is -2.58. The molecule has 0 aromatic heterocycles. The Bertz CT molecular complexity index is 965. The summed E-state index contributed by atoms with van der Waals surface area (Å²) in [6.45, 7) is 2.80. The number of hydrogen-bond donors (Lipinski definition) is 2. The van der Waals surface area contributed by atoms with E-state index in [2.05, 4.69) is 5.32 Å². The SMILES string of the molecule is C[C@]1(O)CCN(CC(=O)N2CC(=O)Nc3ccccc32)C[C@@H]1Oc1cccc(Cl)c1. The van der Waals surface area contributed by atoms with Gasteiger partial charge in [-0.05, 0) is 43.7 Å². The molecule has 7 nitrogen and oxygen atoms in total. The number of aliphatic hydroxyl groups is 1. The molecule has 2 aromatic carbocycles. The highest BCUT2D eigenvalue weighted by atomic mass is 35.5. The first-order valence-corrected chi connectivity index (χ1v) is 10.3. The first-order valence-electron chi connectivity index (χ1n) is 9.88. The van der Waals surface area contributed by atoms with Crippen molar-refractivity contribution in [3.05, 3.63) is 53.6 Å². The van der Waals surface area contributed by atoms with Crippen molar-refractivity contribution in [3.8, 4) is 5.75 Å². The van der Waals surface area contributed by atoms with E-state index in [9.17, 15) is 14.7 Å². The van der Waals surface area contributed by atoms with Crippen molar-refractivity contribution in [2.24, 2.45) is 0 Å². The maximum absolute atomic E-state index is 13.0. The molecule has 1 saturated heterocycles. The molecule has 0 unspecified atom stereocenters. The number of carbonyl (C=O) groups excluding carboxylic acids is 2. The molecule has 8 heteroatoms. The number of anilines is 2. The van der Waals surface area contributed by atoms with Crippen LogP contribution in [-0.2, 0) is 9.59 Å². The van der Waals surface area contributed by atoms with Gasteiger partial charge in [-0.25, -0.2) is 0 Å². The predicted molar refractivity (Wildman–Crippen MR) is 115 cm³/mol. The van der Waals surface area contributed by atoms with Crippen LogP contribution in [-0.4, -0.2) is 59.7 Å². The average molecular weight is 430 g/mol. The van der Waals surface area contributed by atoms with Gasteiger partial charge in [0.05, 0.1) is 17.9 Å². The minimum atomic E-state index is -1.03. The van der Waals surface area contributed by atoms with E-state index in [4.69, 9.17) is 16.3 Å². The lowest BCUT2D eigenvalue weighted by Gasteiger charge is -2.42. The van der Waals surface area contributed by atoms with Crippen LogP contribution in [0, 0.1) is 0 Å². The van der Waals surface area contributed by atoms with Crippen molar-refractivity contribution in [1.82, 2.24) is 4.90 Å². The molecular weight excluding hydrogens is 406 g/mol. The van der Waals surface area contributed by atoms with Crippen molar-refractivity contribution >= 4 is 34.8 Å². The fourth-order valence-corrected chi connectivity index (χ4v) is 3.99. The van der Waals surface area contributed by atoms with Crippen LogP contribution in [0.5, 0.6) is 5.75 Å². The highest BCUT2D eigenvalue weighted by Gasteiger charge is 2.40. The summed E-state index contributed by atoms with van der Waals surface area (Å²) in [5, 5.41) is 14.1. The third kappa shape index (κ3) is 4.43. The number of halogens is 1. The van der Waals surface area contributed by atoms with E-state index in [0.717, 1.165) is 0 Å². The fourth-order valence-electron chi connectivity index (χ4n) is 3.81. The molecule has 0 radical (unpaired) electrons. The van der Waals surface area contributed by atoms with Crippen molar-refractivity contribution in [2.75, 3.05) is 36.4 Å². The minimum Gasteiger partial charge on any atom is -0.486 e. The van der Waals surface area contributed by atoms with Gasteiger partial charge in [-0.1, -0.05) is 29.8 Å². The number of likely N-dealkylation sites (tertiary alicyclic amines) is 1. The topological polar surface area (TPSA) is 82.1 Å². The van der Waals surface area contributed by atoms with E-state index in [-0.39, 0.29) is 24.9 Å². The van der Waals surface area contributed by atoms with E-state index in [1.165, 1.54) is 4.90 Å². The van der Waals surface area contributed by atoms with E-state index >= 15 is 0 Å². The summed E-state index contributed by atoms with van der Waals surface area (Å²) in [6, 6.07) is 14.3. The van der Waals surface area contributed by atoms with Crippen LogP contribution >= 0.6 is 11.6 Å². The highest BCUT2D eigenvalue weighted by molar-refractivity contribution is 6.30. The lowest BCUT2D eigenvalue weighted by atomic mass is 9.90. The quantitative estimate of drug-likeness (QED) is 0.780. The van der Waals surface area contributed by atoms with Crippen LogP contribution in [0.15, 0.2) is 48.5 Å². The molecule has 2 N–H and O–H groups in total. The Kier molecular flexibility index (Phi) is 5.69. The van der Waals surface area contributed by atoms with Gasteiger partial charge in [0.1, 0.15) is 24.0 Å². The molecule has 30 heavy (non-hydrogen) atoms. The third-order valence-electron chi connectivity index (χ3n) is 5.56. The van der Waals surface area contributed by atoms with Gasteiger partial charge in [-0.2, -0.15) is 0 Å². The van der Waals surface area contributed by atoms with E-state index in [1.54, 1.807) is 37.3 Å². The zero-order valence-corrected chi connectivity index (χ0v) is 17.4. The predicted octanol–water partition coefficient (Wildman–Crippen LogP) is 2.53. The van der Waals surface area contributed by atoms with E-state index in [1.807, 2.05) is 23.1 Å². The summed E-state index contributed by atoms with van der Waals surface area (Å²) in [7, 11) is 0. The average Bonchev–Trinajstić information content (AvgIpc) is 2.70. The minimum absolute atomic E-state index is 0.0101. The molecule has 0 aliphatic carbocycles. The molecule has 0 spiro atoms. The second-order valence-electron chi connectivity index (χ2n) is 7.95. The van der Waals surface area contributed by atoms with Crippen LogP contribution < -0.4 is 15.0 Å². The molecule has 4 rings (SSSR count). The van der Waals surface area contributed by atoms with Gasteiger partial charge < -0.3 is 15.2 Å². The van der Waals surface area contributed by atoms with Crippen LogP contribution in [0.2, 0.25) is 5.02 Å². The third-order valence-corrected chi connectivity index (χ3v) is 5.79. The molecule has 1 fully saturated rings.